The van der Waals surface area contributed by atoms with Gasteiger partial charge < -0.3 is 5.32 Å². The van der Waals surface area contributed by atoms with Crippen molar-refractivity contribution in [3.63, 3.8) is 0 Å². The Morgan fingerprint density at radius 2 is 1.88 bits per heavy atom. The standard InChI is InChI=1S/C23H23N7O3S/c1-2-23(16-6-4-3-5-7-16)20(32)30(21(33)25-23)28-18(31)14-34-22-27-26-19(29(22)17-8-9-17)15-10-12-24-13-11-15/h3-7,10-13,17H,2,8-9,14H2,1H3,(H,25,33)(H,28,31). The Morgan fingerprint density at radius 3 is 2.56 bits per heavy atom. The van der Waals surface area contributed by atoms with Crippen LogP contribution in [-0.2, 0) is 15.1 Å². The van der Waals surface area contributed by atoms with Crippen LogP contribution in [0.15, 0.2) is 60.0 Å². The van der Waals surface area contributed by atoms with E-state index >= 15 is 0 Å². The average Bonchev–Trinajstić information content (AvgIpc) is 3.58. The Hall–Kier alpha value is -3.73. The van der Waals surface area contributed by atoms with E-state index in [4.69, 9.17) is 0 Å². The molecule has 3 aromatic rings. The first-order chi connectivity index (χ1) is 16.5. The third-order valence-corrected chi connectivity index (χ3v) is 6.92. The highest BCUT2D eigenvalue weighted by molar-refractivity contribution is 7.99. The molecule has 11 heteroatoms. The molecule has 10 nitrogen and oxygen atoms in total. The summed E-state index contributed by atoms with van der Waals surface area (Å²) in [5, 5.41) is 12.7. The van der Waals surface area contributed by atoms with Crippen molar-refractivity contribution in [2.45, 2.75) is 42.9 Å². The van der Waals surface area contributed by atoms with Crippen molar-refractivity contribution in [3.8, 4) is 11.4 Å². The zero-order chi connectivity index (χ0) is 23.7. The number of benzene rings is 1. The summed E-state index contributed by atoms with van der Waals surface area (Å²) in [4.78, 5) is 42.5. The number of hydrogen-bond acceptors (Lipinski definition) is 7. The van der Waals surface area contributed by atoms with Gasteiger partial charge in [0, 0.05) is 24.0 Å². The maximum absolute atomic E-state index is 13.2. The van der Waals surface area contributed by atoms with Crippen molar-refractivity contribution in [2.75, 3.05) is 5.75 Å². The number of carbonyl (C=O) groups is 3. The number of imide groups is 1. The van der Waals surface area contributed by atoms with Crippen molar-refractivity contribution in [3.05, 3.63) is 60.4 Å². The topological polar surface area (TPSA) is 122 Å². The number of aromatic nitrogens is 4. The van der Waals surface area contributed by atoms with Crippen molar-refractivity contribution in [2.24, 2.45) is 0 Å². The number of rotatable bonds is 8. The highest BCUT2D eigenvalue weighted by Crippen LogP contribution is 2.41. The maximum Gasteiger partial charge on any atom is 0.344 e. The lowest BCUT2D eigenvalue weighted by Crippen LogP contribution is -2.49. The monoisotopic (exact) mass is 477 g/mol. The van der Waals surface area contributed by atoms with Gasteiger partial charge in [-0.15, -0.1) is 10.2 Å². The van der Waals surface area contributed by atoms with Gasteiger partial charge in [-0.25, -0.2) is 4.79 Å². The molecule has 34 heavy (non-hydrogen) atoms. The Labute approximate surface area is 200 Å². The van der Waals surface area contributed by atoms with Crippen LogP contribution in [0.5, 0.6) is 0 Å². The van der Waals surface area contributed by atoms with Gasteiger partial charge >= 0.3 is 6.03 Å². The molecule has 0 spiro atoms. The Kier molecular flexibility index (Phi) is 5.78. The van der Waals surface area contributed by atoms with Crippen molar-refractivity contribution < 1.29 is 14.4 Å². The van der Waals surface area contributed by atoms with E-state index in [1.54, 1.807) is 36.7 Å². The van der Waals surface area contributed by atoms with Gasteiger partial charge in [0.25, 0.3) is 5.91 Å². The molecule has 1 saturated heterocycles. The van der Waals surface area contributed by atoms with Crippen molar-refractivity contribution in [1.82, 2.24) is 35.5 Å². The molecule has 1 aromatic carbocycles. The quantitative estimate of drug-likeness (QED) is 0.378. The molecular weight excluding hydrogens is 454 g/mol. The summed E-state index contributed by atoms with van der Waals surface area (Å²) >= 11 is 1.22. The molecule has 4 amide bonds. The molecule has 174 valence electrons. The third-order valence-electron chi connectivity index (χ3n) is 5.97. The first-order valence-electron chi connectivity index (χ1n) is 11.0. The Balaban J connectivity index is 1.28. The zero-order valence-corrected chi connectivity index (χ0v) is 19.3. The number of hydrazine groups is 1. The van der Waals surface area contributed by atoms with E-state index in [0.717, 1.165) is 29.2 Å². The number of urea groups is 1. The number of nitrogens with zero attached hydrogens (tertiary/aromatic N) is 5. The molecular formula is C23H23N7O3S. The van der Waals surface area contributed by atoms with Crippen LogP contribution >= 0.6 is 11.8 Å². The van der Waals surface area contributed by atoms with Gasteiger partial charge in [-0.2, -0.15) is 5.01 Å². The molecule has 0 radical (unpaired) electrons. The fourth-order valence-corrected chi connectivity index (χ4v) is 4.86. The van der Waals surface area contributed by atoms with E-state index in [-0.39, 0.29) is 5.75 Å². The second-order valence-corrected chi connectivity index (χ2v) is 9.11. The number of thioether (sulfide) groups is 1. The van der Waals surface area contributed by atoms with E-state index in [9.17, 15) is 14.4 Å². The molecule has 2 aliphatic rings. The first kappa shape index (κ1) is 22.1. The Morgan fingerprint density at radius 1 is 1.15 bits per heavy atom. The lowest BCUT2D eigenvalue weighted by molar-refractivity contribution is -0.138. The van der Waals surface area contributed by atoms with Gasteiger partial charge in [0.15, 0.2) is 11.0 Å². The lowest BCUT2D eigenvalue weighted by Gasteiger charge is -2.25. The molecule has 2 N–H and O–H groups in total. The minimum absolute atomic E-state index is 0.0251. The second-order valence-electron chi connectivity index (χ2n) is 8.16. The highest BCUT2D eigenvalue weighted by Gasteiger charge is 2.52. The summed E-state index contributed by atoms with van der Waals surface area (Å²) in [5.41, 5.74) is 2.83. The summed E-state index contributed by atoms with van der Waals surface area (Å²) in [7, 11) is 0. The van der Waals surface area contributed by atoms with Gasteiger partial charge in [0.05, 0.1) is 5.75 Å². The molecule has 1 atom stereocenters. The van der Waals surface area contributed by atoms with Gasteiger partial charge in [0.2, 0.25) is 5.91 Å². The number of pyridine rings is 1. The van der Waals surface area contributed by atoms with E-state index in [1.165, 1.54) is 11.8 Å². The zero-order valence-electron chi connectivity index (χ0n) is 18.5. The van der Waals surface area contributed by atoms with Crippen LogP contribution < -0.4 is 10.7 Å². The van der Waals surface area contributed by atoms with E-state index in [1.807, 2.05) is 29.7 Å². The molecule has 2 aromatic heterocycles. The maximum atomic E-state index is 13.2. The summed E-state index contributed by atoms with van der Waals surface area (Å²) in [6, 6.07) is 12.4. The summed E-state index contributed by atoms with van der Waals surface area (Å²) in [6.07, 6.45) is 5.80. The largest absolute Gasteiger partial charge is 0.344 e. The molecule has 1 saturated carbocycles. The predicted molar refractivity (Wildman–Crippen MR) is 124 cm³/mol. The highest BCUT2D eigenvalue weighted by atomic mass is 32.2. The number of amides is 4. The smallest absolute Gasteiger partial charge is 0.318 e. The number of hydrogen-bond donors (Lipinski definition) is 2. The molecule has 1 unspecified atom stereocenters. The van der Waals surface area contributed by atoms with Crippen LogP contribution in [0, 0.1) is 0 Å². The first-order valence-corrected chi connectivity index (χ1v) is 12.0. The number of carbonyl (C=O) groups excluding carboxylic acids is 3. The molecule has 2 fully saturated rings. The molecule has 1 aliphatic heterocycles. The average molecular weight is 478 g/mol. The third kappa shape index (κ3) is 3.92. The fraction of sp³-hybridized carbons (Fsp3) is 0.304. The summed E-state index contributed by atoms with van der Waals surface area (Å²) < 4.78 is 2.04. The minimum Gasteiger partial charge on any atom is -0.318 e. The summed E-state index contributed by atoms with van der Waals surface area (Å²) in [6.45, 7) is 1.82. The van der Waals surface area contributed by atoms with Crippen LogP contribution in [0.4, 0.5) is 4.79 Å². The van der Waals surface area contributed by atoms with E-state index < -0.39 is 23.4 Å². The summed E-state index contributed by atoms with van der Waals surface area (Å²) in [5.74, 6) is -0.282. The molecule has 0 bridgehead atoms. The normalized spacial score (nSPS) is 19.9. The van der Waals surface area contributed by atoms with Gasteiger partial charge in [-0.1, -0.05) is 49.0 Å². The second kappa shape index (κ2) is 8.90. The Bertz CT molecular complexity index is 1230. The lowest BCUT2D eigenvalue weighted by atomic mass is 9.87. The molecule has 5 rings (SSSR count). The van der Waals surface area contributed by atoms with Crippen LogP contribution in [0.1, 0.15) is 37.8 Å². The predicted octanol–water partition coefficient (Wildman–Crippen LogP) is 2.66. The van der Waals surface area contributed by atoms with E-state index in [0.29, 0.717) is 23.2 Å². The molecule has 1 aliphatic carbocycles. The van der Waals surface area contributed by atoms with Crippen molar-refractivity contribution >= 4 is 29.6 Å². The number of nitrogens with one attached hydrogen (secondary N) is 2. The molecule has 3 heterocycles. The van der Waals surface area contributed by atoms with Crippen LogP contribution in [0.2, 0.25) is 0 Å². The van der Waals surface area contributed by atoms with Gasteiger partial charge in [-0.3, -0.25) is 24.6 Å². The van der Waals surface area contributed by atoms with Crippen molar-refractivity contribution in [1.29, 1.82) is 0 Å². The van der Waals surface area contributed by atoms with E-state index in [2.05, 4.69) is 25.9 Å². The minimum atomic E-state index is -1.20. The van der Waals surface area contributed by atoms with Crippen LogP contribution in [0.25, 0.3) is 11.4 Å². The fourth-order valence-electron chi connectivity index (χ4n) is 4.06. The van der Waals surface area contributed by atoms with Crippen LogP contribution in [0.3, 0.4) is 0 Å². The van der Waals surface area contributed by atoms with Crippen LogP contribution in [-0.4, -0.2) is 48.4 Å². The van der Waals surface area contributed by atoms with Gasteiger partial charge in [0.1, 0.15) is 5.54 Å². The van der Waals surface area contributed by atoms with Gasteiger partial charge in [-0.05, 0) is 37.0 Å². The SMILES string of the molecule is CCC1(c2ccccc2)NC(=O)N(NC(=O)CSc2nnc(-c3ccncc3)n2C2CC2)C1=O.